The van der Waals surface area contributed by atoms with E-state index in [0.29, 0.717) is 33.0 Å². The van der Waals surface area contributed by atoms with Gasteiger partial charge in [0, 0.05) is 31.6 Å². The maximum absolute atomic E-state index is 13.0. The second-order valence-electron chi connectivity index (χ2n) is 12.6. The Kier molecular flexibility index (Phi) is 10.2. The van der Waals surface area contributed by atoms with Crippen LogP contribution in [0.2, 0.25) is 10.0 Å². The zero-order chi connectivity index (χ0) is 34.1. The zero-order valence-corrected chi connectivity index (χ0v) is 29.9. The lowest BCUT2D eigenvalue weighted by molar-refractivity contribution is -0.139. The highest BCUT2D eigenvalue weighted by molar-refractivity contribution is 8.01. The summed E-state index contributed by atoms with van der Waals surface area (Å²) in [5.74, 6) is 1.41. The number of rotatable bonds is 8. The largest absolute Gasteiger partial charge is 0.457 e. The molecule has 2 heterocycles. The fourth-order valence-corrected chi connectivity index (χ4v) is 8.64. The Hall–Kier alpha value is -3.38. The number of carbonyl (C=O) groups is 2. The first-order valence-electron chi connectivity index (χ1n) is 15.4. The Morgan fingerprint density at radius 1 is 0.562 bits per heavy atom. The normalized spacial score (nSPS) is 22.5. The molecule has 0 bridgehead atoms. The third-order valence-corrected chi connectivity index (χ3v) is 11.3. The van der Waals surface area contributed by atoms with Crippen molar-refractivity contribution in [2.24, 2.45) is 0 Å². The van der Waals surface area contributed by atoms with Crippen molar-refractivity contribution in [2.75, 3.05) is 0 Å². The van der Waals surface area contributed by atoms with Gasteiger partial charge in [0.15, 0.2) is 0 Å². The van der Waals surface area contributed by atoms with Crippen molar-refractivity contribution in [1.82, 2.24) is 21.3 Å². The van der Waals surface area contributed by atoms with E-state index in [2.05, 4.69) is 49.0 Å². The third kappa shape index (κ3) is 8.25. The molecule has 250 valence electrons. The quantitative estimate of drug-likeness (QED) is 0.135. The van der Waals surface area contributed by atoms with Crippen LogP contribution in [0.5, 0.6) is 23.0 Å². The van der Waals surface area contributed by atoms with Crippen LogP contribution in [0.4, 0.5) is 0 Å². The van der Waals surface area contributed by atoms with E-state index in [1.807, 2.05) is 72.8 Å². The molecule has 4 aromatic carbocycles. The minimum Gasteiger partial charge on any atom is -0.457 e. The minimum atomic E-state index is -0.699. The highest BCUT2D eigenvalue weighted by Gasteiger charge is 2.44. The van der Waals surface area contributed by atoms with E-state index in [4.69, 9.17) is 32.7 Å². The zero-order valence-electron chi connectivity index (χ0n) is 26.8. The molecule has 2 saturated heterocycles. The van der Waals surface area contributed by atoms with Crippen LogP contribution in [0.25, 0.3) is 0 Å². The molecule has 2 aliphatic rings. The molecule has 4 aromatic rings. The number of hydrogen-bond donors (Lipinski definition) is 4. The minimum absolute atomic E-state index is 0.0722. The van der Waals surface area contributed by atoms with Gasteiger partial charge in [-0.05, 0) is 112 Å². The van der Waals surface area contributed by atoms with Crippen molar-refractivity contribution >= 4 is 58.5 Å². The van der Waals surface area contributed by atoms with Crippen LogP contribution >= 0.6 is 46.7 Å². The van der Waals surface area contributed by atoms with Gasteiger partial charge in [0.2, 0.25) is 0 Å². The van der Waals surface area contributed by atoms with E-state index in [1.165, 1.54) is 0 Å². The highest BCUT2D eigenvalue weighted by atomic mass is 35.5. The molecule has 12 heteroatoms. The van der Waals surface area contributed by atoms with Crippen LogP contribution in [-0.4, -0.2) is 32.3 Å². The van der Waals surface area contributed by atoms with Crippen molar-refractivity contribution < 1.29 is 19.1 Å². The summed E-state index contributed by atoms with van der Waals surface area (Å²) in [5.41, 5.74) is 1.19. The third-order valence-electron chi connectivity index (χ3n) is 8.13. The van der Waals surface area contributed by atoms with Crippen molar-refractivity contribution in [3.8, 4) is 23.0 Å². The van der Waals surface area contributed by atoms with E-state index in [1.54, 1.807) is 47.8 Å². The number of nitrogens with one attached hydrogen (secondary N) is 4. The van der Waals surface area contributed by atoms with E-state index < -0.39 is 22.8 Å². The van der Waals surface area contributed by atoms with Crippen molar-refractivity contribution in [1.29, 1.82) is 0 Å². The van der Waals surface area contributed by atoms with Crippen LogP contribution in [0.3, 0.4) is 0 Å². The standard InChI is InChI=1S/C36H36Cl2N4O4S2/c1-35(2)29(21-5-13-25(14-6-21)45-27-17-9-23(37)10-18-27)39-33(47-35)41-31(43)32(44)42-34-40-30(36(3,4)48-34)22-7-15-26(16-8-22)46-28-19-11-24(38)12-20-28/h5-20,29-30,33-34,39-40H,1-4H3,(H,41,43)(H,42,44). The number of halogens is 2. The smallest absolute Gasteiger partial charge is 0.311 e. The Balaban J connectivity index is 1.01. The summed E-state index contributed by atoms with van der Waals surface area (Å²) < 4.78 is 11.3. The first-order valence-corrected chi connectivity index (χ1v) is 17.9. The number of hydrogen-bond acceptors (Lipinski definition) is 8. The topological polar surface area (TPSA) is 101 Å². The van der Waals surface area contributed by atoms with Crippen molar-refractivity contribution in [3.05, 3.63) is 118 Å². The van der Waals surface area contributed by atoms with E-state index >= 15 is 0 Å². The van der Waals surface area contributed by atoms with Gasteiger partial charge in [0.25, 0.3) is 0 Å². The Bertz CT molecular complexity index is 1620. The number of ether oxygens (including phenoxy) is 2. The Morgan fingerprint density at radius 3 is 1.17 bits per heavy atom. The summed E-state index contributed by atoms with van der Waals surface area (Å²) in [6.45, 7) is 8.43. The van der Waals surface area contributed by atoms with E-state index in [-0.39, 0.29) is 21.6 Å². The van der Waals surface area contributed by atoms with Gasteiger partial charge in [-0.1, -0.05) is 47.5 Å². The van der Waals surface area contributed by atoms with E-state index in [0.717, 1.165) is 11.1 Å². The van der Waals surface area contributed by atoms with Gasteiger partial charge in [-0.2, -0.15) is 0 Å². The molecule has 4 N–H and O–H groups in total. The predicted molar refractivity (Wildman–Crippen MR) is 195 cm³/mol. The molecule has 4 atom stereocenters. The van der Waals surface area contributed by atoms with Crippen LogP contribution in [0, 0.1) is 0 Å². The summed E-state index contributed by atoms with van der Waals surface area (Å²) in [5, 5.41) is 14.0. The molecule has 4 unspecified atom stereocenters. The average Bonchev–Trinajstić information content (AvgIpc) is 3.52. The molecule has 2 aliphatic heterocycles. The van der Waals surface area contributed by atoms with Crippen molar-refractivity contribution in [3.63, 3.8) is 0 Å². The molecule has 8 nitrogen and oxygen atoms in total. The monoisotopic (exact) mass is 722 g/mol. The number of amides is 2. The van der Waals surface area contributed by atoms with Gasteiger partial charge in [-0.15, -0.1) is 23.5 Å². The summed E-state index contributed by atoms with van der Waals surface area (Å²) in [6.07, 6.45) is 0. The number of benzene rings is 4. The van der Waals surface area contributed by atoms with Gasteiger partial charge in [-0.3, -0.25) is 20.2 Å². The fourth-order valence-electron chi connectivity index (χ4n) is 5.76. The lowest BCUT2D eigenvalue weighted by atomic mass is 9.95. The molecular weight excluding hydrogens is 687 g/mol. The number of thioether (sulfide) groups is 2. The Labute approximate surface area is 299 Å². The van der Waals surface area contributed by atoms with E-state index in [9.17, 15) is 9.59 Å². The average molecular weight is 724 g/mol. The van der Waals surface area contributed by atoms with Gasteiger partial charge >= 0.3 is 11.8 Å². The van der Waals surface area contributed by atoms with Gasteiger partial charge in [0.1, 0.15) is 34.0 Å². The molecular formula is C36H36Cl2N4O4S2. The summed E-state index contributed by atoms with van der Waals surface area (Å²) in [7, 11) is 0. The summed E-state index contributed by atoms with van der Waals surface area (Å²) >= 11 is 15.1. The van der Waals surface area contributed by atoms with Crippen molar-refractivity contribution in [2.45, 2.75) is 60.3 Å². The maximum atomic E-state index is 13.0. The molecule has 2 amide bonds. The molecule has 0 spiro atoms. The Morgan fingerprint density at radius 2 is 0.854 bits per heavy atom. The number of carbonyl (C=O) groups excluding carboxylic acids is 2. The second kappa shape index (κ2) is 14.2. The SMILES string of the molecule is CC1(C)SC(NC(=O)C(=O)NC2NC(c3ccc(Oc4ccc(Cl)cc4)cc3)C(C)(C)S2)NC1c1ccc(Oc2ccc(Cl)cc2)cc1. The van der Waals surface area contributed by atoms with Crippen LogP contribution in [0.1, 0.15) is 50.9 Å². The molecule has 48 heavy (non-hydrogen) atoms. The lowest BCUT2D eigenvalue weighted by Crippen LogP contribution is -2.51. The molecule has 6 rings (SSSR count). The molecule has 2 fully saturated rings. The second-order valence-corrected chi connectivity index (χ2v) is 17.0. The van der Waals surface area contributed by atoms with Crippen LogP contribution < -0.4 is 30.7 Å². The summed E-state index contributed by atoms with van der Waals surface area (Å²) in [6, 6.07) is 29.9. The predicted octanol–water partition coefficient (Wildman–Crippen LogP) is 8.39. The van der Waals surface area contributed by atoms with Gasteiger partial charge in [-0.25, -0.2) is 0 Å². The molecule has 0 aliphatic carbocycles. The summed E-state index contributed by atoms with van der Waals surface area (Å²) in [4.78, 5) is 26.1. The maximum Gasteiger partial charge on any atom is 0.311 e. The molecule has 0 saturated carbocycles. The first-order chi connectivity index (χ1) is 22.8. The molecule has 0 aromatic heterocycles. The lowest BCUT2D eigenvalue weighted by Gasteiger charge is -2.25. The first kappa shape index (κ1) is 34.5. The highest BCUT2D eigenvalue weighted by Crippen LogP contribution is 2.46. The molecule has 0 radical (unpaired) electrons. The fraction of sp³-hybridized carbons (Fsp3) is 0.278. The van der Waals surface area contributed by atoms with Crippen LogP contribution in [0.15, 0.2) is 97.1 Å². The van der Waals surface area contributed by atoms with Gasteiger partial charge in [0.05, 0.1) is 0 Å². The van der Waals surface area contributed by atoms with Crippen LogP contribution in [-0.2, 0) is 9.59 Å². The van der Waals surface area contributed by atoms with Gasteiger partial charge < -0.3 is 20.1 Å².